The van der Waals surface area contributed by atoms with Gasteiger partial charge in [-0.1, -0.05) is 24.3 Å². The maximum absolute atomic E-state index is 12.1. The zero-order valence-electron chi connectivity index (χ0n) is 22.5. The zero-order chi connectivity index (χ0) is 29.2. The van der Waals surface area contributed by atoms with Crippen molar-refractivity contribution in [3.05, 3.63) is 58.1 Å². The minimum atomic E-state index is -5.02. The minimum Gasteiger partial charge on any atom is -1.00 e. The fourth-order valence-electron chi connectivity index (χ4n) is 3.22. The van der Waals surface area contributed by atoms with Crippen molar-refractivity contribution in [2.24, 2.45) is 0 Å². The molecule has 2 heterocycles. The topological polar surface area (TPSA) is 265 Å². The van der Waals surface area contributed by atoms with Gasteiger partial charge in [0.15, 0.2) is 0 Å². The maximum atomic E-state index is 12.1. The zero-order valence-corrected chi connectivity index (χ0v) is 25.7. The van der Waals surface area contributed by atoms with Crippen LogP contribution in [0.2, 0.25) is 10.6 Å². The third kappa shape index (κ3) is 8.64. The Balaban J connectivity index is 0.00000308. The number of anilines is 6. The van der Waals surface area contributed by atoms with Crippen LogP contribution < -0.4 is 51.7 Å². The van der Waals surface area contributed by atoms with Gasteiger partial charge in [-0.3, -0.25) is 4.55 Å². The summed E-state index contributed by atoms with van der Waals surface area (Å²) >= 11 is 11.5. The van der Waals surface area contributed by atoms with Crippen molar-refractivity contribution in [3.63, 3.8) is 0 Å². The molecule has 21 heteroatoms. The van der Waals surface area contributed by atoms with Crippen molar-refractivity contribution in [1.82, 2.24) is 29.9 Å². The normalized spacial score (nSPS) is 11.7. The van der Waals surface area contributed by atoms with Crippen molar-refractivity contribution in [3.8, 4) is 0 Å². The van der Waals surface area contributed by atoms with E-state index < -0.39 is 30.0 Å². The van der Waals surface area contributed by atoms with Gasteiger partial charge in [-0.2, -0.15) is 38.3 Å². The van der Waals surface area contributed by atoms with Crippen LogP contribution in [0.4, 0.5) is 35.2 Å². The summed E-state index contributed by atoms with van der Waals surface area (Å²) in [6.45, 7) is 0. The van der Waals surface area contributed by atoms with E-state index in [0.717, 1.165) is 12.1 Å². The van der Waals surface area contributed by atoms with Crippen LogP contribution in [0.15, 0.2) is 46.2 Å². The molecule has 0 saturated carbocycles. The first-order valence-electron chi connectivity index (χ1n) is 10.4. The largest absolute Gasteiger partial charge is 1.00 e. The molecule has 0 radical (unpaired) electrons. The van der Waals surface area contributed by atoms with E-state index >= 15 is 0 Å². The van der Waals surface area contributed by atoms with Crippen molar-refractivity contribution < 1.29 is 58.4 Å². The molecule has 0 fully saturated rings. The molecule has 4 aromatic rings. The number of hydrogen-bond acceptors (Lipinski definition) is 15. The predicted molar refractivity (Wildman–Crippen MR) is 147 cm³/mol. The maximum Gasteiger partial charge on any atom is 1.00 e. The number of nitrogens with one attached hydrogen (secondary N) is 2. The number of rotatable bonds is 8. The summed E-state index contributed by atoms with van der Waals surface area (Å²) in [7, 11) is -9.80. The van der Waals surface area contributed by atoms with Gasteiger partial charge in [0, 0.05) is 11.4 Å². The van der Waals surface area contributed by atoms with Gasteiger partial charge in [0.1, 0.15) is 15.0 Å². The SMILES string of the molecule is Nc1nc(Cl)nc(Nc2ccc(C=Cc3ccc(Nc4nc(N)nc(Cl)n4)cc3S(=O)(=O)O)c(S(=O)(=O)[O-])c2)n1.[H+].[H-].[Na+]. The summed E-state index contributed by atoms with van der Waals surface area (Å²) in [5.74, 6) is -0.591. The first-order chi connectivity index (χ1) is 18.7. The molecule has 2 aromatic carbocycles. The van der Waals surface area contributed by atoms with E-state index in [9.17, 15) is 25.9 Å². The Bertz CT molecular complexity index is 1720. The molecule has 4 rings (SSSR count). The summed E-state index contributed by atoms with van der Waals surface area (Å²) in [6.07, 6.45) is 2.37. The van der Waals surface area contributed by atoms with Crippen molar-refractivity contribution in [2.45, 2.75) is 9.79 Å². The van der Waals surface area contributed by atoms with Gasteiger partial charge in [0.05, 0.1) is 4.90 Å². The molecule has 0 unspecified atom stereocenters. The van der Waals surface area contributed by atoms with E-state index in [2.05, 4.69) is 40.5 Å². The summed E-state index contributed by atoms with van der Waals surface area (Å²) < 4.78 is 69.9. The molecule has 210 valence electrons. The minimum absolute atomic E-state index is 0. The van der Waals surface area contributed by atoms with Crippen LogP contribution in [0.3, 0.4) is 0 Å². The van der Waals surface area contributed by atoms with Crippen LogP contribution in [0, 0.1) is 0 Å². The fourth-order valence-corrected chi connectivity index (χ4v) is 4.96. The Morgan fingerprint density at radius 1 is 0.780 bits per heavy atom. The first-order valence-corrected chi connectivity index (χ1v) is 14.1. The van der Waals surface area contributed by atoms with E-state index in [1.165, 1.54) is 36.4 Å². The molecule has 0 aliphatic carbocycles. The molecule has 16 nitrogen and oxygen atoms in total. The number of nitrogens with two attached hydrogens (primary N) is 2. The number of nitrogen functional groups attached to an aromatic ring is 2. The van der Waals surface area contributed by atoms with E-state index in [4.69, 9.17) is 34.7 Å². The van der Waals surface area contributed by atoms with E-state index in [1.807, 2.05) is 0 Å². The molecule has 0 spiro atoms. The standard InChI is InChI=1S/C20H16Cl2N10O6S2.Na.H/c21-15-27-17(23)31-19(29-15)25-11-5-3-9(13(7-11)39(33,34)35)1-2-10-4-6-12(8-14(10)40(36,37)38)26-20-30-16(22)28-18(24)32-20;;/h1-8H,(H,33,34,35)(H,36,37,38)(H3,23,25,27,29,31)(H3,24,26,28,30,32);;/q;+1;-1. The molecule has 0 amide bonds. The monoisotopic (exact) mass is 650 g/mol. The summed E-state index contributed by atoms with van der Waals surface area (Å²) in [5, 5.41) is 4.90. The second-order valence-electron chi connectivity index (χ2n) is 7.59. The average Bonchev–Trinajstić information content (AvgIpc) is 2.81. The number of halogens is 2. The van der Waals surface area contributed by atoms with Crippen LogP contribution in [0.1, 0.15) is 14.0 Å². The molecule has 0 aliphatic heterocycles. The molecule has 0 atom stereocenters. The van der Waals surface area contributed by atoms with E-state index in [-0.39, 0.29) is 89.3 Å². The van der Waals surface area contributed by atoms with Crippen molar-refractivity contribution in [1.29, 1.82) is 0 Å². The van der Waals surface area contributed by atoms with Gasteiger partial charge >= 0.3 is 31.0 Å². The predicted octanol–water partition coefficient (Wildman–Crippen LogP) is -0.435. The van der Waals surface area contributed by atoms with E-state index in [0.29, 0.717) is 0 Å². The molecule has 7 N–H and O–H groups in total. The molecule has 0 saturated heterocycles. The Hall–Kier alpha value is -3.20. The summed E-state index contributed by atoms with van der Waals surface area (Å²) in [5.41, 5.74) is 11.1. The summed E-state index contributed by atoms with van der Waals surface area (Å²) in [4.78, 5) is 21.2. The third-order valence-corrected chi connectivity index (χ3v) is 6.92. The molecule has 2 aromatic heterocycles. The average molecular weight is 651 g/mol. The van der Waals surface area contributed by atoms with Gasteiger partial charge in [-0.25, -0.2) is 8.42 Å². The fraction of sp³-hybridized carbons (Fsp3) is 0. The van der Waals surface area contributed by atoms with Crippen LogP contribution >= 0.6 is 23.2 Å². The van der Waals surface area contributed by atoms with Crippen LogP contribution in [0.5, 0.6) is 0 Å². The molecular weight excluding hydrogens is 634 g/mol. The molecular formula is C20H17Cl2N10NaO6S2. The van der Waals surface area contributed by atoms with Gasteiger partial charge in [0.2, 0.25) is 34.4 Å². The van der Waals surface area contributed by atoms with E-state index in [1.54, 1.807) is 0 Å². The van der Waals surface area contributed by atoms with Crippen LogP contribution in [-0.4, -0.2) is 55.8 Å². The van der Waals surface area contributed by atoms with Crippen molar-refractivity contribution in [2.75, 3.05) is 22.1 Å². The molecule has 0 aliphatic rings. The summed E-state index contributed by atoms with van der Waals surface area (Å²) in [6, 6.07) is 7.44. The smallest absolute Gasteiger partial charge is 1.00 e. The third-order valence-electron chi connectivity index (χ3n) is 4.78. The number of nitrogens with zero attached hydrogens (tertiary/aromatic N) is 6. The Kier molecular flexibility index (Phi) is 10.1. The van der Waals surface area contributed by atoms with Crippen LogP contribution in [0.25, 0.3) is 12.2 Å². The van der Waals surface area contributed by atoms with Gasteiger partial charge in [-0.05, 0) is 58.6 Å². The number of hydrogen-bond donors (Lipinski definition) is 5. The van der Waals surface area contributed by atoms with Gasteiger partial charge in [0.25, 0.3) is 10.1 Å². The second kappa shape index (κ2) is 12.8. The second-order valence-corrected chi connectivity index (χ2v) is 11.0. The Morgan fingerprint density at radius 2 is 1.20 bits per heavy atom. The Morgan fingerprint density at radius 3 is 1.59 bits per heavy atom. The number of benzene rings is 2. The van der Waals surface area contributed by atoms with Gasteiger partial charge < -0.3 is 28.1 Å². The number of aromatic nitrogens is 6. The van der Waals surface area contributed by atoms with Crippen molar-refractivity contribution >= 4 is 90.8 Å². The Labute approximate surface area is 267 Å². The first kappa shape index (κ1) is 32.3. The molecule has 41 heavy (non-hydrogen) atoms. The van der Waals surface area contributed by atoms with Gasteiger partial charge in [-0.15, -0.1) is 0 Å². The molecule has 0 bridgehead atoms. The van der Waals surface area contributed by atoms with Crippen LogP contribution in [-0.2, 0) is 20.2 Å². The quantitative estimate of drug-likeness (QED) is 0.0918.